The normalized spacial score (nSPS) is 22.8. The quantitative estimate of drug-likeness (QED) is 0.739. The lowest BCUT2D eigenvalue weighted by Gasteiger charge is -2.28. The minimum absolute atomic E-state index is 0.00413. The smallest absolute Gasteiger partial charge is 0.282 e. The molecule has 4 rings (SSSR count). The van der Waals surface area contributed by atoms with Crippen LogP contribution in [-0.4, -0.2) is 58.5 Å². The number of hydrogen-bond donors (Lipinski definition) is 0. The van der Waals surface area contributed by atoms with Crippen LogP contribution in [0.25, 0.3) is 0 Å². The number of fused-ring (bicyclic) bond motifs is 1. The molecular formula is C20H24N4O3S. The zero-order valence-electron chi connectivity index (χ0n) is 15.8. The van der Waals surface area contributed by atoms with Gasteiger partial charge in [-0.1, -0.05) is 36.4 Å². The summed E-state index contributed by atoms with van der Waals surface area (Å²) in [7, 11) is -2.04. The summed E-state index contributed by atoms with van der Waals surface area (Å²) in [6.07, 6.45) is 4.35. The first-order valence-electron chi connectivity index (χ1n) is 9.42. The molecule has 0 spiro atoms. The van der Waals surface area contributed by atoms with Crippen molar-refractivity contribution in [2.45, 2.75) is 38.0 Å². The number of nitrogens with zero attached hydrogens (tertiary/aromatic N) is 4. The fourth-order valence-corrected chi connectivity index (χ4v) is 5.74. The lowest BCUT2D eigenvalue weighted by molar-refractivity contribution is -0.129. The molecule has 1 aromatic carbocycles. The highest BCUT2D eigenvalue weighted by atomic mass is 32.2. The van der Waals surface area contributed by atoms with Crippen molar-refractivity contribution < 1.29 is 13.2 Å². The topological polar surface area (TPSA) is 73.8 Å². The van der Waals surface area contributed by atoms with Crippen molar-refractivity contribution in [3.05, 3.63) is 66.0 Å². The van der Waals surface area contributed by atoms with E-state index >= 15 is 0 Å². The van der Waals surface area contributed by atoms with Crippen molar-refractivity contribution in [1.29, 1.82) is 0 Å². The number of amides is 1. The average Bonchev–Trinajstić information content (AvgIpc) is 3.23. The highest BCUT2D eigenvalue weighted by Gasteiger charge is 2.51. The second-order valence-electron chi connectivity index (χ2n) is 7.37. The molecule has 2 saturated heterocycles. The number of rotatable bonds is 6. The first-order valence-corrected chi connectivity index (χ1v) is 10.8. The maximum absolute atomic E-state index is 13.2. The van der Waals surface area contributed by atoms with Crippen LogP contribution < -0.4 is 0 Å². The molecule has 148 valence electrons. The van der Waals surface area contributed by atoms with Gasteiger partial charge in [0.25, 0.3) is 10.2 Å². The largest absolute Gasteiger partial charge is 0.334 e. The van der Waals surface area contributed by atoms with Gasteiger partial charge in [0, 0.05) is 45.5 Å². The molecule has 8 heteroatoms. The van der Waals surface area contributed by atoms with Crippen LogP contribution in [0.1, 0.15) is 24.0 Å². The van der Waals surface area contributed by atoms with E-state index in [9.17, 15) is 13.2 Å². The molecule has 2 fully saturated rings. The Morgan fingerprint density at radius 2 is 1.86 bits per heavy atom. The molecular weight excluding hydrogens is 376 g/mol. The van der Waals surface area contributed by atoms with Gasteiger partial charge in [-0.15, -0.1) is 0 Å². The molecule has 28 heavy (non-hydrogen) atoms. The van der Waals surface area contributed by atoms with Gasteiger partial charge in [0.05, 0.1) is 12.1 Å². The Balaban J connectivity index is 1.49. The van der Waals surface area contributed by atoms with E-state index in [1.165, 1.54) is 8.61 Å². The Morgan fingerprint density at radius 3 is 2.57 bits per heavy atom. The van der Waals surface area contributed by atoms with Gasteiger partial charge >= 0.3 is 0 Å². The maximum atomic E-state index is 13.2. The summed E-state index contributed by atoms with van der Waals surface area (Å²) in [6, 6.07) is 12.9. The molecule has 1 amide bonds. The summed E-state index contributed by atoms with van der Waals surface area (Å²) >= 11 is 0. The third-order valence-corrected chi connectivity index (χ3v) is 7.54. The van der Waals surface area contributed by atoms with Crippen LogP contribution in [-0.2, 0) is 28.1 Å². The molecule has 2 aromatic rings. The molecule has 0 aliphatic carbocycles. The first kappa shape index (κ1) is 19.0. The molecule has 0 N–H and O–H groups in total. The van der Waals surface area contributed by atoms with Crippen LogP contribution >= 0.6 is 0 Å². The zero-order valence-corrected chi connectivity index (χ0v) is 16.6. The van der Waals surface area contributed by atoms with E-state index in [4.69, 9.17) is 0 Å². The fraction of sp³-hybridized carbons (Fsp3) is 0.400. The van der Waals surface area contributed by atoms with Gasteiger partial charge in [0.1, 0.15) is 0 Å². The van der Waals surface area contributed by atoms with E-state index in [1.54, 1.807) is 19.4 Å². The molecule has 0 radical (unpaired) electrons. The Hall–Kier alpha value is -2.29. The van der Waals surface area contributed by atoms with Gasteiger partial charge in [-0.05, 0) is 23.6 Å². The summed E-state index contributed by atoms with van der Waals surface area (Å²) in [4.78, 5) is 18.5. The third-order valence-electron chi connectivity index (χ3n) is 5.58. The number of benzene rings is 1. The van der Waals surface area contributed by atoms with Crippen LogP contribution in [0.4, 0.5) is 0 Å². The second-order valence-corrected chi connectivity index (χ2v) is 9.36. The van der Waals surface area contributed by atoms with E-state index in [1.807, 2.05) is 47.4 Å². The molecule has 2 atom stereocenters. The zero-order chi connectivity index (χ0) is 19.7. The van der Waals surface area contributed by atoms with Gasteiger partial charge < -0.3 is 4.90 Å². The summed E-state index contributed by atoms with van der Waals surface area (Å²) in [5, 5.41) is 0. The van der Waals surface area contributed by atoms with E-state index < -0.39 is 10.2 Å². The predicted octanol–water partition coefficient (Wildman–Crippen LogP) is 1.63. The second kappa shape index (κ2) is 7.62. The summed E-state index contributed by atoms with van der Waals surface area (Å²) in [5.41, 5.74) is 1.89. The van der Waals surface area contributed by atoms with E-state index in [0.29, 0.717) is 26.1 Å². The first-order chi connectivity index (χ1) is 13.5. The van der Waals surface area contributed by atoms with E-state index in [-0.39, 0.29) is 24.4 Å². The number of aromatic nitrogens is 1. The standard InChI is InChI=1S/C20H24N4O3S/c1-22(14-16-6-3-2-4-7-16)28(26,27)24-11-9-18-19(24)12-20(25)23(18)15-17-8-5-10-21-13-17/h2-8,10,13,18-19H,9,11-12,14-15H2,1H3/t18-,19-/m0/s1. The number of likely N-dealkylation sites (tertiary alicyclic amines) is 1. The lowest BCUT2D eigenvalue weighted by Crippen LogP contribution is -2.45. The maximum Gasteiger partial charge on any atom is 0.282 e. The highest BCUT2D eigenvalue weighted by Crippen LogP contribution is 2.36. The number of carbonyl (C=O) groups excluding carboxylic acids is 1. The Labute approximate surface area is 165 Å². The molecule has 3 heterocycles. The van der Waals surface area contributed by atoms with E-state index in [0.717, 1.165) is 11.1 Å². The molecule has 0 bridgehead atoms. The summed E-state index contributed by atoms with van der Waals surface area (Å²) < 4.78 is 29.2. The Kier molecular flexibility index (Phi) is 5.18. The highest BCUT2D eigenvalue weighted by molar-refractivity contribution is 7.86. The molecule has 0 saturated carbocycles. The van der Waals surface area contributed by atoms with Gasteiger partial charge in [-0.25, -0.2) is 0 Å². The number of hydrogen-bond acceptors (Lipinski definition) is 4. The molecule has 2 aliphatic heterocycles. The Morgan fingerprint density at radius 1 is 1.11 bits per heavy atom. The summed E-state index contributed by atoms with van der Waals surface area (Å²) in [6.45, 7) is 1.22. The minimum Gasteiger partial charge on any atom is -0.334 e. The SMILES string of the molecule is CN(Cc1ccccc1)S(=O)(=O)N1CC[C@H]2[C@@H]1CC(=O)N2Cc1cccnc1. The van der Waals surface area contributed by atoms with Crippen molar-refractivity contribution in [1.82, 2.24) is 18.5 Å². The molecule has 7 nitrogen and oxygen atoms in total. The average molecular weight is 401 g/mol. The van der Waals surface area contributed by atoms with Crippen molar-refractivity contribution in [3.63, 3.8) is 0 Å². The van der Waals surface area contributed by atoms with Crippen molar-refractivity contribution in [3.8, 4) is 0 Å². The van der Waals surface area contributed by atoms with Crippen molar-refractivity contribution >= 4 is 16.1 Å². The van der Waals surface area contributed by atoms with Crippen LogP contribution in [0.3, 0.4) is 0 Å². The molecule has 1 aromatic heterocycles. The van der Waals surface area contributed by atoms with Gasteiger partial charge in [0.15, 0.2) is 0 Å². The molecule has 0 unspecified atom stereocenters. The fourth-order valence-electron chi connectivity index (χ4n) is 4.17. The van der Waals surface area contributed by atoms with Crippen LogP contribution in [0, 0.1) is 0 Å². The van der Waals surface area contributed by atoms with Crippen LogP contribution in [0.2, 0.25) is 0 Å². The Bertz CT molecular complexity index is 936. The number of pyridine rings is 1. The van der Waals surface area contributed by atoms with Gasteiger partial charge in [0.2, 0.25) is 5.91 Å². The monoisotopic (exact) mass is 400 g/mol. The van der Waals surface area contributed by atoms with Crippen molar-refractivity contribution in [2.75, 3.05) is 13.6 Å². The predicted molar refractivity (Wildman–Crippen MR) is 105 cm³/mol. The lowest BCUT2D eigenvalue weighted by atomic mass is 10.1. The van der Waals surface area contributed by atoms with Crippen molar-refractivity contribution in [2.24, 2.45) is 0 Å². The minimum atomic E-state index is -3.64. The van der Waals surface area contributed by atoms with Crippen LogP contribution in [0.15, 0.2) is 54.9 Å². The third kappa shape index (κ3) is 3.55. The summed E-state index contributed by atoms with van der Waals surface area (Å²) in [5.74, 6) is 0.00413. The van der Waals surface area contributed by atoms with Gasteiger partial charge in [-0.3, -0.25) is 9.78 Å². The van der Waals surface area contributed by atoms with Gasteiger partial charge in [-0.2, -0.15) is 17.0 Å². The van der Waals surface area contributed by atoms with Crippen LogP contribution in [0.5, 0.6) is 0 Å². The molecule has 2 aliphatic rings. The number of carbonyl (C=O) groups is 1. The van der Waals surface area contributed by atoms with E-state index in [2.05, 4.69) is 4.98 Å².